The number of rotatable bonds is 7. The molecule has 3 aliphatic rings. The molecule has 7 heteroatoms. The fraction of sp³-hybridized carbons (Fsp3) is 0.444. The molecule has 0 aromatic heterocycles. The van der Waals surface area contributed by atoms with Crippen molar-refractivity contribution in [1.29, 1.82) is 0 Å². The molecule has 1 spiro atoms. The number of carbonyl (C=O) groups is 2. The van der Waals surface area contributed by atoms with Crippen molar-refractivity contribution in [2.24, 2.45) is 5.41 Å². The lowest BCUT2D eigenvalue weighted by Crippen LogP contribution is -2.35. The molecular formula is C36H45N3O4. The Hall–Kier alpha value is -3.84. The third-order valence-electron chi connectivity index (χ3n) is 9.47. The van der Waals surface area contributed by atoms with E-state index in [1.54, 1.807) is 7.11 Å². The summed E-state index contributed by atoms with van der Waals surface area (Å²) in [4.78, 5) is 30.6. The van der Waals surface area contributed by atoms with Crippen LogP contribution in [0.5, 0.6) is 5.75 Å². The minimum Gasteiger partial charge on any atom is -0.497 e. The van der Waals surface area contributed by atoms with Gasteiger partial charge < -0.3 is 19.3 Å². The first kappa shape index (κ1) is 30.6. The van der Waals surface area contributed by atoms with Gasteiger partial charge in [0.15, 0.2) is 6.73 Å². The summed E-state index contributed by atoms with van der Waals surface area (Å²) in [5.74, 6) is 1.07. The highest BCUT2D eigenvalue weighted by Gasteiger charge is 2.44. The molecule has 0 radical (unpaired) electrons. The summed E-state index contributed by atoms with van der Waals surface area (Å²) < 4.78 is 10.1. The van der Waals surface area contributed by atoms with Crippen LogP contribution in [-0.4, -0.2) is 68.7 Å². The monoisotopic (exact) mass is 583 g/mol. The van der Waals surface area contributed by atoms with Crippen LogP contribution in [0, 0.1) is 26.2 Å². The molecule has 43 heavy (non-hydrogen) atoms. The van der Waals surface area contributed by atoms with E-state index in [0.717, 1.165) is 82.0 Å². The second-order valence-electron chi connectivity index (χ2n) is 12.4. The van der Waals surface area contributed by atoms with Gasteiger partial charge in [0, 0.05) is 49.4 Å². The molecule has 0 N–H and O–H groups in total. The Kier molecular flexibility index (Phi) is 9.71. The Bertz CT molecular complexity index is 1400. The number of amides is 1. The molecule has 3 heterocycles. The van der Waals surface area contributed by atoms with Crippen LogP contribution >= 0.6 is 0 Å². The molecule has 1 unspecified atom stereocenters. The van der Waals surface area contributed by atoms with Crippen LogP contribution in [0.25, 0.3) is 0 Å². The number of benzene rings is 3. The number of anilines is 1. The summed E-state index contributed by atoms with van der Waals surface area (Å²) in [7, 11) is 1.70. The van der Waals surface area contributed by atoms with E-state index in [1.807, 2.05) is 21.9 Å². The van der Waals surface area contributed by atoms with Crippen molar-refractivity contribution >= 4 is 18.1 Å². The molecule has 2 fully saturated rings. The predicted octanol–water partition coefficient (Wildman–Crippen LogP) is 5.93. The zero-order chi connectivity index (χ0) is 30.4. The van der Waals surface area contributed by atoms with Crippen molar-refractivity contribution in [2.45, 2.75) is 53.0 Å². The van der Waals surface area contributed by atoms with Gasteiger partial charge in [-0.25, -0.2) is 0 Å². The number of carbonyl (C=O) groups excluding carboxylic acids is 2. The van der Waals surface area contributed by atoms with Crippen molar-refractivity contribution in [3.05, 3.63) is 94.0 Å². The SMILES string of the molecule is COc1cc(C)c(C)c(C)c1.O=COCN1CCCc2ccc(C(=O)N3CCC4(CCN(Cc5ccccc5)C4)C3)cc21. The zero-order valence-electron chi connectivity index (χ0n) is 26.1. The molecule has 3 aliphatic heterocycles. The average molecular weight is 584 g/mol. The number of hydrogen-bond acceptors (Lipinski definition) is 6. The van der Waals surface area contributed by atoms with Crippen molar-refractivity contribution < 1.29 is 19.1 Å². The Morgan fingerprint density at radius 3 is 2.40 bits per heavy atom. The first-order valence-corrected chi connectivity index (χ1v) is 15.4. The molecule has 1 amide bonds. The molecule has 2 saturated heterocycles. The first-order chi connectivity index (χ1) is 20.8. The van der Waals surface area contributed by atoms with Crippen LogP contribution in [0.3, 0.4) is 0 Å². The highest BCUT2D eigenvalue weighted by Crippen LogP contribution is 2.40. The molecule has 1 atom stereocenters. The van der Waals surface area contributed by atoms with Crippen LogP contribution in [-0.2, 0) is 22.5 Å². The van der Waals surface area contributed by atoms with Gasteiger partial charge in [0.2, 0.25) is 0 Å². The van der Waals surface area contributed by atoms with Crippen molar-refractivity contribution in [3.63, 3.8) is 0 Å². The normalized spacial score (nSPS) is 19.5. The maximum Gasteiger partial charge on any atom is 0.294 e. The Balaban J connectivity index is 0.000000283. The Morgan fingerprint density at radius 1 is 0.930 bits per heavy atom. The van der Waals surface area contributed by atoms with Gasteiger partial charge in [-0.2, -0.15) is 0 Å². The van der Waals surface area contributed by atoms with Gasteiger partial charge in [0.1, 0.15) is 5.75 Å². The summed E-state index contributed by atoms with van der Waals surface area (Å²) in [6.45, 7) is 12.7. The maximum atomic E-state index is 13.4. The third-order valence-corrected chi connectivity index (χ3v) is 9.47. The van der Waals surface area contributed by atoms with E-state index in [9.17, 15) is 9.59 Å². The molecule has 3 aromatic rings. The van der Waals surface area contributed by atoms with Gasteiger partial charge >= 0.3 is 0 Å². The van der Waals surface area contributed by atoms with E-state index in [0.29, 0.717) is 6.47 Å². The summed E-state index contributed by atoms with van der Waals surface area (Å²) in [5.41, 5.74) is 8.49. The summed E-state index contributed by atoms with van der Waals surface area (Å²) in [6, 6.07) is 20.8. The van der Waals surface area contributed by atoms with Crippen molar-refractivity contribution in [1.82, 2.24) is 9.80 Å². The fourth-order valence-electron chi connectivity index (χ4n) is 6.78. The van der Waals surface area contributed by atoms with Gasteiger partial charge in [0.05, 0.1) is 7.11 Å². The lowest BCUT2D eigenvalue weighted by atomic mass is 9.86. The smallest absolute Gasteiger partial charge is 0.294 e. The number of ether oxygens (including phenoxy) is 2. The van der Waals surface area contributed by atoms with E-state index < -0.39 is 0 Å². The molecule has 6 rings (SSSR count). The van der Waals surface area contributed by atoms with Crippen LogP contribution in [0.15, 0.2) is 60.7 Å². The first-order valence-electron chi connectivity index (χ1n) is 15.4. The highest BCUT2D eigenvalue weighted by molar-refractivity contribution is 5.95. The van der Waals surface area contributed by atoms with Gasteiger partial charge in [-0.1, -0.05) is 36.4 Å². The highest BCUT2D eigenvalue weighted by atomic mass is 16.5. The van der Waals surface area contributed by atoms with Gasteiger partial charge in [-0.3, -0.25) is 14.5 Å². The minimum absolute atomic E-state index is 0.119. The van der Waals surface area contributed by atoms with E-state index >= 15 is 0 Å². The molecular weight excluding hydrogens is 538 g/mol. The van der Waals surface area contributed by atoms with E-state index in [4.69, 9.17) is 9.47 Å². The van der Waals surface area contributed by atoms with E-state index in [-0.39, 0.29) is 18.1 Å². The number of nitrogens with zero attached hydrogens (tertiary/aromatic N) is 3. The van der Waals surface area contributed by atoms with Crippen LogP contribution in [0.2, 0.25) is 0 Å². The molecule has 7 nitrogen and oxygen atoms in total. The Labute approximate surface area is 256 Å². The van der Waals surface area contributed by atoms with Crippen molar-refractivity contribution in [2.75, 3.05) is 51.5 Å². The zero-order valence-corrected chi connectivity index (χ0v) is 26.1. The predicted molar refractivity (Wildman–Crippen MR) is 171 cm³/mol. The number of fused-ring (bicyclic) bond motifs is 1. The van der Waals surface area contributed by atoms with Gasteiger partial charge in [0.25, 0.3) is 12.4 Å². The molecule has 3 aromatic carbocycles. The summed E-state index contributed by atoms with van der Waals surface area (Å²) in [5, 5.41) is 0. The molecule has 0 saturated carbocycles. The van der Waals surface area contributed by atoms with Gasteiger partial charge in [-0.05, 0) is 105 Å². The topological polar surface area (TPSA) is 62.3 Å². The summed E-state index contributed by atoms with van der Waals surface area (Å²) >= 11 is 0. The van der Waals surface area contributed by atoms with Crippen LogP contribution in [0.1, 0.15) is 57.4 Å². The lowest BCUT2D eigenvalue weighted by molar-refractivity contribution is -0.128. The lowest BCUT2D eigenvalue weighted by Gasteiger charge is -2.31. The second-order valence-corrected chi connectivity index (χ2v) is 12.4. The number of aryl methyl sites for hydroxylation is 3. The van der Waals surface area contributed by atoms with Crippen LogP contribution < -0.4 is 9.64 Å². The molecule has 228 valence electrons. The number of hydrogen-bond donors (Lipinski definition) is 0. The van der Waals surface area contributed by atoms with Crippen molar-refractivity contribution in [3.8, 4) is 5.75 Å². The molecule has 0 bridgehead atoms. The fourth-order valence-corrected chi connectivity index (χ4v) is 6.78. The average Bonchev–Trinajstić information content (AvgIpc) is 3.64. The minimum atomic E-state index is 0.119. The molecule has 0 aliphatic carbocycles. The van der Waals surface area contributed by atoms with E-state index in [1.165, 1.54) is 27.8 Å². The van der Waals surface area contributed by atoms with Crippen LogP contribution in [0.4, 0.5) is 5.69 Å². The largest absolute Gasteiger partial charge is 0.497 e. The maximum absolute atomic E-state index is 13.4. The van der Waals surface area contributed by atoms with E-state index in [2.05, 4.69) is 74.2 Å². The number of methoxy groups -OCH3 is 1. The third kappa shape index (κ3) is 7.21. The number of likely N-dealkylation sites (tertiary alicyclic amines) is 2. The standard InChI is InChI=1S/C26H31N3O3.C10H14O/c30-20-32-19-29-12-4-7-22-8-9-23(15-24(22)29)25(31)28-14-11-26(18-28)10-13-27(17-26)16-21-5-2-1-3-6-21;1-7-5-10(11-4)6-8(2)9(7)3/h1-3,5-6,8-9,15,20H,4,7,10-14,16-19H2;5-6H,1-4H3. The second kappa shape index (κ2) is 13.6. The summed E-state index contributed by atoms with van der Waals surface area (Å²) in [6.07, 6.45) is 4.25. The Morgan fingerprint density at radius 2 is 1.67 bits per heavy atom. The quantitative estimate of drug-likeness (QED) is 0.322. The van der Waals surface area contributed by atoms with Gasteiger partial charge in [-0.15, -0.1) is 0 Å².